The quantitative estimate of drug-likeness (QED) is 0.638. The van der Waals surface area contributed by atoms with Gasteiger partial charge in [-0.2, -0.15) is 0 Å². The van der Waals surface area contributed by atoms with Crippen molar-refractivity contribution >= 4 is 35.2 Å². The zero-order valence-corrected chi connectivity index (χ0v) is 13.9. The van der Waals surface area contributed by atoms with Gasteiger partial charge in [-0.05, 0) is 36.7 Å². The van der Waals surface area contributed by atoms with E-state index >= 15 is 0 Å². The number of amides is 1. The molecular weight excluding hydrogens is 323 g/mol. The molecule has 1 aromatic carbocycles. The Labute approximate surface area is 141 Å². The number of ether oxygens (including phenoxy) is 1. The Balaban J connectivity index is 1.66. The van der Waals surface area contributed by atoms with Gasteiger partial charge >= 0.3 is 0 Å². The summed E-state index contributed by atoms with van der Waals surface area (Å²) in [6, 6.07) is 5.26. The zero-order chi connectivity index (χ0) is 15.8. The van der Waals surface area contributed by atoms with Gasteiger partial charge in [0.05, 0.1) is 23.3 Å². The summed E-state index contributed by atoms with van der Waals surface area (Å²) in [7, 11) is 0. The highest BCUT2D eigenvalue weighted by molar-refractivity contribution is 6.42. The highest BCUT2D eigenvalue weighted by Crippen LogP contribution is 2.22. The van der Waals surface area contributed by atoms with Gasteiger partial charge in [0.1, 0.15) is 0 Å². The predicted molar refractivity (Wildman–Crippen MR) is 90.4 cm³/mol. The minimum absolute atomic E-state index is 0.104. The number of nitrogens with one attached hydrogen (secondary N) is 1. The first-order valence-corrected chi connectivity index (χ1v) is 8.12. The molecule has 120 valence electrons. The van der Waals surface area contributed by atoms with Gasteiger partial charge in [-0.15, -0.1) is 0 Å². The van der Waals surface area contributed by atoms with Crippen LogP contribution >= 0.6 is 23.2 Å². The first kappa shape index (κ1) is 17.3. The monoisotopic (exact) mass is 342 g/mol. The smallest absolute Gasteiger partial charge is 0.243 e. The molecule has 1 aromatic rings. The van der Waals surface area contributed by atoms with Crippen LogP contribution < -0.4 is 5.32 Å². The van der Waals surface area contributed by atoms with E-state index < -0.39 is 0 Å². The molecule has 0 unspecified atom stereocenters. The Morgan fingerprint density at radius 3 is 2.77 bits per heavy atom. The number of halogens is 2. The molecule has 22 heavy (non-hydrogen) atoms. The van der Waals surface area contributed by atoms with E-state index in [0.29, 0.717) is 16.6 Å². The number of morpholine rings is 1. The standard InChI is InChI=1S/C16H20Cl2N2O2/c17-14-4-2-13(12-15(14)18)3-5-16(21)19-6-1-7-20-8-10-22-11-9-20/h2-5,12H,1,6-11H2,(H,19,21). The van der Waals surface area contributed by atoms with E-state index in [1.807, 2.05) is 6.07 Å². The van der Waals surface area contributed by atoms with Crippen LogP contribution in [0.3, 0.4) is 0 Å². The van der Waals surface area contributed by atoms with Crippen molar-refractivity contribution in [1.82, 2.24) is 10.2 Å². The summed E-state index contributed by atoms with van der Waals surface area (Å²) >= 11 is 11.8. The molecule has 1 heterocycles. The van der Waals surface area contributed by atoms with E-state index in [0.717, 1.165) is 44.8 Å². The van der Waals surface area contributed by atoms with Crippen molar-refractivity contribution in [2.45, 2.75) is 6.42 Å². The number of hydrogen-bond acceptors (Lipinski definition) is 3. The lowest BCUT2D eigenvalue weighted by atomic mass is 10.2. The van der Waals surface area contributed by atoms with Crippen LogP contribution in [-0.4, -0.2) is 50.2 Å². The molecule has 1 fully saturated rings. The summed E-state index contributed by atoms with van der Waals surface area (Å²) in [5.74, 6) is -0.104. The van der Waals surface area contributed by atoms with Crippen molar-refractivity contribution in [2.24, 2.45) is 0 Å². The van der Waals surface area contributed by atoms with Crippen LogP contribution in [0, 0.1) is 0 Å². The Kier molecular flexibility index (Phi) is 7.19. The van der Waals surface area contributed by atoms with Gasteiger partial charge in [0, 0.05) is 25.7 Å². The minimum atomic E-state index is -0.104. The summed E-state index contributed by atoms with van der Waals surface area (Å²) in [6.07, 6.45) is 4.17. The number of rotatable bonds is 6. The van der Waals surface area contributed by atoms with Gasteiger partial charge in [-0.3, -0.25) is 9.69 Å². The topological polar surface area (TPSA) is 41.6 Å². The summed E-state index contributed by atoms with van der Waals surface area (Å²) in [5, 5.41) is 3.86. The predicted octanol–water partition coefficient (Wildman–Crippen LogP) is 2.85. The molecule has 0 atom stereocenters. The van der Waals surface area contributed by atoms with Gasteiger partial charge in [-0.1, -0.05) is 29.3 Å². The van der Waals surface area contributed by atoms with Crippen LogP contribution in [0.2, 0.25) is 10.0 Å². The molecule has 0 spiro atoms. The fourth-order valence-corrected chi connectivity index (χ4v) is 2.49. The largest absolute Gasteiger partial charge is 0.379 e. The maximum atomic E-state index is 11.7. The Bertz CT molecular complexity index is 529. The molecule has 0 aromatic heterocycles. The second-order valence-corrected chi connectivity index (χ2v) is 5.92. The van der Waals surface area contributed by atoms with Crippen molar-refractivity contribution < 1.29 is 9.53 Å². The lowest BCUT2D eigenvalue weighted by Crippen LogP contribution is -2.38. The van der Waals surface area contributed by atoms with Crippen LogP contribution in [0.25, 0.3) is 6.08 Å². The molecule has 1 aliphatic rings. The maximum Gasteiger partial charge on any atom is 0.243 e. The third-order valence-electron chi connectivity index (χ3n) is 3.42. The normalized spacial score (nSPS) is 16.1. The van der Waals surface area contributed by atoms with Crippen molar-refractivity contribution in [2.75, 3.05) is 39.4 Å². The molecule has 0 saturated carbocycles. The summed E-state index contributed by atoms with van der Waals surface area (Å²) in [5.41, 5.74) is 0.845. The number of carbonyl (C=O) groups excluding carboxylic acids is 1. The van der Waals surface area contributed by atoms with E-state index in [9.17, 15) is 4.79 Å². The van der Waals surface area contributed by atoms with E-state index in [-0.39, 0.29) is 5.91 Å². The van der Waals surface area contributed by atoms with E-state index in [1.165, 1.54) is 6.08 Å². The average molecular weight is 343 g/mol. The molecule has 0 radical (unpaired) electrons. The molecule has 1 aliphatic heterocycles. The number of nitrogens with zero attached hydrogens (tertiary/aromatic N) is 1. The first-order chi connectivity index (χ1) is 10.6. The average Bonchev–Trinajstić information content (AvgIpc) is 2.54. The number of benzene rings is 1. The lowest BCUT2D eigenvalue weighted by molar-refractivity contribution is -0.116. The molecule has 0 bridgehead atoms. The van der Waals surface area contributed by atoms with Crippen LogP contribution in [-0.2, 0) is 9.53 Å². The molecule has 6 heteroatoms. The van der Waals surface area contributed by atoms with Gasteiger partial charge in [0.15, 0.2) is 0 Å². The van der Waals surface area contributed by atoms with Crippen LogP contribution in [0.15, 0.2) is 24.3 Å². The van der Waals surface area contributed by atoms with Crippen molar-refractivity contribution in [1.29, 1.82) is 0 Å². The molecule has 1 N–H and O–H groups in total. The Morgan fingerprint density at radius 1 is 1.27 bits per heavy atom. The minimum Gasteiger partial charge on any atom is -0.379 e. The second kappa shape index (κ2) is 9.16. The SMILES string of the molecule is O=C(C=Cc1ccc(Cl)c(Cl)c1)NCCCN1CCOCC1. The van der Waals surface area contributed by atoms with Crippen molar-refractivity contribution in [3.8, 4) is 0 Å². The van der Waals surface area contributed by atoms with E-state index in [1.54, 1.807) is 18.2 Å². The maximum absolute atomic E-state index is 11.7. The van der Waals surface area contributed by atoms with Crippen LogP contribution in [0.1, 0.15) is 12.0 Å². The van der Waals surface area contributed by atoms with Gasteiger partial charge in [0.2, 0.25) is 5.91 Å². The highest BCUT2D eigenvalue weighted by atomic mass is 35.5. The van der Waals surface area contributed by atoms with E-state index in [2.05, 4.69) is 10.2 Å². The second-order valence-electron chi connectivity index (χ2n) is 5.11. The molecule has 1 amide bonds. The Hall–Kier alpha value is -1.07. The number of carbonyl (C=O) groups is 1. The Morgan fingerprint density at radius 2 is 2.05 bits per heavy atom. The molecular formula is C16H20Cl2N2O2. The van der Waals surface area contributed by atoms with Crippen molar-refractivity contribution in [3.63, 3.8) is 0 Å². The van der Waals surface area contributed by atoms with Crippen molar-refractivity contribution in [3.05, 3.63) is 39.9 Å². The fourth-order valence-electron chi connectivity index (χ4n) is 2.19. The summed E-state index contributed by atoms with van der Waals surface area (Å²) in [4.78, 5) is 14.1. The molecule has 2 rings (SSSR count). The molecule has 4 nitrogen and oxygen atoms in total. The van der Waals surface area contributed by atoms with Gasteiger partial charge in [0.25, 0.3) is 0 Å². The molecule has 1 saturated heterocycles. The lowest BCUT2D eigenvalue weighted by Gasteiger charge is -2.26. The van der Waals surface area contributed by atoms with Crippen LogP contribution in [0.5, 0.6) is 0 Å². The first-order valence-electron chi connectivity index (χ1n) is 7.36. The van der Waals surface area contributed by atoms with Crippen LogP contribution in [0.4, 0.5) is 0 Å². The highest BCUT2D eigenvalue weighted by Gasteiger charge is 2.09. The third kappa shape index (κ3) is 5.97. The van der Waals surface area contributed by atoms with Gasteiger partial charge < -0.3 is 10.1 Å². The fraction of sp³-hybridized carbons (Fsp3) is 0.438. The van der Waals surface area contributed by atoms with E-state index in [4.69, 9.17) is 27.9 Å². The van der Waals surface area contributed by atoms with Gasteiger partial charge in [-0.25, -0.2) is 0 Å². The summed E-state index contributed by atoms with van der Waals surface area (Å²) < 4.78 is 5.30. The number of hydrogen-bond donors (Lipinski definition) is 1. The third-order valence-corrected chi connectivity index (χ3v) is 4.16. The molecule has 0 aliphatic carbocycles. The zero-order valence-electron chi connectivity index (χ0n) is 12.4. The summed E-state index contributed by atoms with van der Waals surface area (Å²) in [6.45, 7) is 5.22.